The molecule has 0 aromatic heterocycles. The fourth-order valence-electron chi connectivity index (χ4n) is 1.15. The van der Waals surface area contributed by atoms with Gasteiger partial charge in [-0.1, -0.05) is 13.8 Å². The summed E-state index contributed by atoms with van der Waals surface area (Å²) in [5.74, 6) is -5.47. The van der Waals surface area contributed by atoms with E-state index < -0.39 is 35.8 Å². The molecule has 2 N–H and O–H groups in total. The molecule has 0 aliphatic rings. The van der Waals surface area contributed by atoms with Crippen molar-refractivity contribution in [2.45, 2.75) is 45.6 Å². The molecule has 0 saturated heterocycles. The van der Waals surface area contributed by atoms with Crippen molar-refractivity contribution in [2.24, 2.45) is 5.92 Å². The summed E-state index contributed by atoms with van der Waals surface area (Å²) < 4.78 is 5.08. The minimum Gasteiger partial charge on any atom is -0.481 e. The molecular weight excluding hydrogens is 228 g/mol. The predicted octanol–water partition coefficient (Wildman–Crippen LogP) is 1.28. The van der Waals surface area contributed by atoms with E-state index in [-0.39, 0.29) is 0 Å². The van der Waals surface area contributed by atoms with E-state index >= 15 is 0 Å². The van der Waals surface area contributed by atoms with Gasteiger partial charge in [0.15, 0.2) is 5.92 Å². The van der Waals surface area contributed by atoms with Crippen LogP contribution in [0.1, 0.15) is 40.0 Å². The Morgan fingerprint density at radius 1 is 1.18 bits per heavy atom. The molecule has 0 radical (unpaired) electrons. The maximum atomic E-state index is 11.6. The zero-order valence-corrected chi connectivity index (χ0v) is 10.2. The molecule has 0 aliphatic carbocycles. The van der Waals surface area contributed by atoms with Crippen LogP contribution >= 0.6 is 0 Å². The summed E-state index contributed by atoms with van der Waals surface area (Å²) >= 11 is 0. The number of esters is 1. The van der Waals surface area contributed by atoms with Gasteiger partial charge < -0.3 is 14.9 Å². The Labute approximate surface area is 99.6 Å². The fourth-order valence-corrected chi connectivity index (χ4v) is 1.15. The number of rotatable bonds is 7. The maximum absolute atomic E-state index is 11.6. The Kier molecular flexibility index (Phi) is 5.64. The molecule has 98 valence electrons. The first-order valence-electron chi connectivity index (χ1n) is 5.43. The Bertz CT molecular complexity index is 305. The van der Waals surface area contributed by atoms with Crippen LogP contribution in [0.4, 0.5) is 0 Å². The zero-order valence-electron chi connectivity index (χ0n) is 10.2. The Balaban J connectivity index is 4.74. The summed E-state index contributed by atoms with van der Waals surface area (Å²) in [4.78, 5) is 32.8. The van der Waals surface area contributed by atoms with Gasteiger partial charge in [-0.3, -0.25) is 14.4 Å². The van der Waals surface area contributed by atoms with Gasteiger partial charge in [-0.15, -0.1) is 0 Å². The van der Waals surface area contributed by atoms with Crippen LogP contribution in [0, 0.1) is 5.92 Å². The van der Waals surface area contributed by atoms with Crippen LogP contribution in [0.25, 0.3) is 0 Å². The van der Waals surface area contributed by atoms with E-state index in [4.69, 9.17) is 14.9 Å². The predicted molar refractivity (Wildman–Crippen MR) is 58.5 cm³/mol. The normalized spacial score (nSPS) is 12.9. The summed E-state index contributed by atoms with van der Waals surface area (Å²) in [6.07, 6.45) is 0.307. The van der Waals surface area contributed by atoms with Gasteiger partial charge in [-0.05, 0) is 19.8 Å². The molecule has 0 aliphatic heterocycles. The van der Waals surface area contributed by atoms with Crippen molar-refractivity contribution in [2.75, 3.05) is 0 Å². The summed E-state index contributed by atoms with van der Waals surface area (Å²) in [5.41, 5.74) is -0.747. The van der Waals surface area contributed by atoms with Gasteiger partial charge in [0.25, 0.3) is 0 Å². The molecule has 0 spiro atoms. The first-order valence-corrected chi connectivity index (χ1v) is 5.43. The van der Waals surface area contributed by atoms with Crippen molar-refractivity contribution >= 4 is 17.9 Å². The molecule has 0 aromatic rings. The second-order valence-corrected chi connectivity index (χ2v) is 4.07. The molecule has 0 saturated carbocycles. The SMILES string of the molecule is CCC(C)(CC)OC(=O)C(CC(=O)O)C(=O)O. The Morgan fingerprint density at radius 2 is 1.65 bits per heavy atom. The number of ether oxygens (including phenoxy) is 1. The molecule has 0 bridgehead atoms. The van der Waals surface area contributed by atoms with E-state index in [1.54, 1.807) is 6.92 Å². The maximum Gasteiger partial charge on any atom is 0.321 e. The lowest BCUT2D eigenvalue weighted by molar-refractivity contribution is -0.172. The number of carboxylic acid groups (broad SMARTS) is 2. The van der Waals surface area contributed by atoms with Crippen LogP contribution in [-0.4, -0.2) is 33.7 Å². The quantitative estimate of drug-likeness (QED) is 0.518. The number of aliphatic carboxylic acids is 2. The topological polar surface area (TPSA) is 101 Å². The van der Waals surface area contributed by atoms with Gasteiger partial charge in [0.1, 0.15) is 5.60 Å². The minimum absolute atomic E-state index is 0.536. The minimum atomic E-state index is -1.65. The van der Waals surface area contributed by atoms with Crippen molar-refractivity contribution in [3.05, 3.63) is 0 Å². The highest BCUT2D eigenvalue weighted by atomic mass is 16.6. The Hall–Kier alpha value is -1.59. The van der Waals surface area contributed by atoms with Gasteiger partial charge in [0.2, 0.25) is 0 Å². The summed E-state index contributed by atoms with van der Waals surface area (Å²) in [6.45, 7) is 5.30. The van der Waals surface area contributed by atoms with Crippen LogP contribution in [0.5, 0.6) is 0 Å². The molecule has 17 heavy (non-hydrogen) atoms. The third kappa shape index (κ3) is 4.84. The second kappa shape index (κ2) is 6.22. The van der Waals surface area contributed by atoms with Crippen LogP contribution in [-0.2, 0) is 19.1 Å². The summed E-state index contributed by atoms with van der Waals surface area (Å²) in [6, 6.07) is 0. The van der Waals surface area contributed by atoms with Crippen LogP contribution in [0.2, 0.25) is 0 Å². The van der Waals surface area contributed by atoms with Crippen LogP contribution in [0.15, 0.2) is 0 Å². The van der Waals surface area contributed by atoms with Gasteiger partial charge in [-0.25, -0.2) is 0 Å². The summed E-state index contributed by atoms with van der Waals surface area (Å²) in [7, 11) is 0. The first-order chi connectivity index (χ1) is 7.75. The fraction of sp³-hybridized carbons (Fsp3) is 0.727. The van der Waals surface area contributed by atoms with E-state index in [1.807, 2.05) is 13.8 Å². The van der Waals surface area contributed by atoms with E-state index in [0.717, 1.165) is 0 Å². The molecule has 0 heterocycles. The standard InChI is InChI=1S/C11H18O6/c1-4-11(3,5-2)17-10(16)7(9(14)15)6-8(12)13/h7H,4-6H2,1-3H3,(H,12,13)(H,14,15). The van der Waals surface area contributed by atoms with Crippen molar-refractivity contribution in [3.63, 3.8) is 0 Å². The average molecular weight is 246 g/mol. The smallest absolute Gasteiger partial charge is 0.321 e. The highest BCUT2D eigenvalue weighted by molar-refractivity contribution is 5.97. The van der Waals surface area contributed by atoms with E-state index in [0.29, 0.717) is 12.8 Å². The largest absolute Gasteiger partial charge is 0.481 e. The lowest BCUT2D eigenvalue weighted by atomic mass is 9.99. The Morgan fingerprint density at radius 3 is 1.94 bits per heavy atom. The zero-order chi connectivity index (χ0) is 13.6. The van der Waals surface area contributed by atoms with E-state index in [2.05, 4.69) is 0 Å². The number of carboxylic acids is 2. The number of hydrogen-bond acceptors (Lipinski definition) is 4. The van der Waals surface area contributed by atoms with Crippen molar-refractivity contribution in [3.8, 4) is 0 Å². The average Bonchev–Trinajstić information content (AvgIpc) is 2.24. The summed E-state index contributed by atoms with van der Waals surface area (Å²) in [5, 5.41) is 17.3. The third-order valence-electron chi connectivity index (χ3n) is 2.80. The monoisotopic (exact) mass is 246 g/mol. The van der Waals surface area contributed by atoms with Gasteiger partial charge in [0, 0.05) is 0 Å². The van der Waals surface area contributed by atoms with Crippen molar-refractivity contribution in [1.29, 1.82) is 0 Å². The van der Waals surface area contributed by atoms with Crippen molar-refractivity contribution in [1.82, 2.24) is 0 Å². The van der Waals surface area contributed by atoms with E-state index in [9.17, 15) is 14.4 Å². The van der Waals surface area contributed by atoms with E-state index in [1.165, 1.54) is 0 Å². The van der Waals surface area contributed by atoms with Gasteiger partial charge >= 0.3 is 17.9 Å². The lowest BCUT2D eigenvalue weighted by Crippen LogP contribution is -2.36. The highest BCUT2D eigenvalue weighted by Gasteiger charge is 2.35. The van der Waals surface area contributed by atoms with Crippen LogP contribution in [0.3, 0.4) is 0 Å². The van der Waals surface area contributed by atoms with Crippen molar-refractivity contribution < 1.29 is 29.3 Å². The second-order valence-electron chi connectivity index (χ2n) is 4.07. The van der Waals surface area contributed by atoms with Crippen LogP contribution < -0.4 is 0 Å². The molecule has 1 atom stereocenters. The molecule has 6 heteroatoms. The van der Waals surface area contributed by atoms with Gasteiger partial charge in [-0.2, -0.15) is 0 Å². The number of carbonyl (C=O) groups excluding carboxylic acids is 1. The first kappa shape index (κ1) is 15.4. The third-order valence-corrected chi connectivity index (χ3v) is 2.80. The molecule has 0 fully saturated rings. The lowest BCUT2D eigenvalue weighted by Gasteiger charge is -2.28. The molecule has 6 nitrogen and oxygen atoms in total. The number of hydrogen-bond donors (Lipinski definition) is 2. The molecular formula is C11H18O6. The molecule has 0 amide bonds. The highest BCUT2D eigenvalue weighted by Crippen LogP contribution is 2.22. The molecule has 0 rings (SSSR count). The number of carbonyl (C=O) groups is 3. The molecule has 0 aromatic carbocycles. The van der Waals surface area contributed by atoms with Gasteiger partial charge in [0.05, 0.1) is 6.42 Å². The molecule has 1 unspecified atom stereocenters.